The monoisotopic (exact) mass is 201 g/mol. The number of hydrogen-bond donors (Lipinski definition) is 1. The van der Waals surface area contributed by atoms with Crippen molar-refractivity contribution in [3.63, 3.8) is 0 Å². The molecule has 0 bridgehead atoms. The predicted octanol–water partition coefficient (Wildman–Crippen LogP) is 2.53. The minimum Gasteiger partial charge on any atom is -0.388 e. The maximum Gasteiger partial charge on any atom is 0.187 e. The van der Waals surface area contributed by atoms with Gasteiger partial charge in [0.25, 0.3) is 0 Å². The van der Waals surface area contributed by atoms with Gasteiger partial charge in [0.2, 0.25) is 0 Å². The van der Waals surface area contributed by atoms with Crippen LogP contribution in [0.15, 0.2) is 42.1 Å². The minimum absolute atomic E-state index is 0.0972. The van der Waals surface area contributed by atoms with E-state index in [4.69, 9.17) is 0 Å². The van der Waals surface area contributed by atoms with E-state index in [0.717, 1.165) is 24.2 Å². The molecule has 1 aromatic rings. The quantitative estimate of drug-likeness (QED) is 0.588. The number of carbonyl (C=O) groups excluding carboxylic acids is 1. The van der Waals surface area contributed by atoms with E-state index >= 15 is 0 Å². The van der Waals surface area contributed by atoms with E-state index in [1.807, 2.05) is 30.3 Å². The van der Waals surface area contributed by atoms with Gasteiger partial charge in [-0.2, -0.15) is 0 Å². The van der Waals surface area contributed by atoms with Gasteiger partial charge < -0.3 is 5.32 Å². The number of carbonyl (C=O) groups is 1. The first kappa shape index (κ1) is 9.97. The van der Waals surface area contributed by atoms with Crippen molar-refractivity contribution in [3.8, 4) is 0 Å². The SMILES string of the molecule is O=C(C=C1CCCCN1)c1ccccc1. The van der Waals surface area contributed by atoms with E-state index in [2.05, 4.69) is 5.32 Å². The fourth-order valence-corrected chi connectivity index (χ4v) is 1.74. The summed E-state index contributed by atoms with van der Waals surface area (Å²) in [6, 6.07) is 9.40. The van der Waals surface area contributed by atoms with Crippen LogP contribution < -0.4 is 5.32 Å². The number of hydrogen-bond acceptors (Lipinski definition) is 2. The lowest BCUT2D eigenvalue weighted by molar-refractivity contribution is 0.104. The highest BCUT2D eigenvalue weighted by Crippen LogP contribution is 2.11. The molecule has 78 valence electrons. The van der Waals surface area contributed by atoms with E-state index in [1.54, 1.807) is 6.08 Å². The fourth-order valence-electron chi connectivity index (χ4n) is 1.74. The Morgan fingerprint density at radius 2 is 2.00 bits per heavy atom. The van der Waals surface area contributed by atoms with Crippen molar-refractivity contribution in [2.24, 2.45) is 0 Å². The molecule has 1 aromatic carbocycles. The largest absolute Gasteiger partial charge is 0.388 e. The average Bonchev–Trinajstić information content (AvgIpc) is 2.31. The van der Waals surface area contributed by atoms with Gasteiger partial charge in [-0.05, 0) is 19.3 Å². The molecule has 1 fully saturated rings. The summed E-state index contributed by atoms with van der Waals surface area (Å²) in [6.45, 7) is 0.994. The van der Waals surface area contributed by atoms with E-state index in [9.17, 15) is 4.79 Å². The Morgan fingerprint density at radius 3 is 2.67 bits per heavy atom. The summed E-state index contributed by atoms with van der Waals surface area (Å²) >= 11 is 0. The van der Waals surface area contributed by atoms with Crippen LogP contribution in [0.4, 0.5) is 0 Å². The molecule has 0 amide bonds. The smallest absolute Gasteiger partial charge is 0.187 e. The summed E-state index contributed by atoms with van der Waals surface area (Å²) in [5, 5.41) is 3.26. The molecule has 0 saturated carbocycles. The molecular weight excluding hydrogens is 186 g/mol. The second-order valence-corrected chi connectivity index (χ2v) is 3.78. The van der Waals surface area contributed by atoms with Crippen LogP contribution in [-0.2, 0) is 0 Å². The molecule has 15 heavy (non-hydrogen) atoms. The Hall–Kier alpha value is -1.57. The standard InChI is InChI=1S/C13H15NO/c15-13(11-6-2-1-3-7-11)10-12-8-4-5-9-14-12/h1-3,6-7,10,14H,4-5,8-9H2. The number of nitrogens with one attached hydrogen (secondary N) is 1. The van der Waals surface area contributed by atoms with E-state index in [1.165, 1.54) is 12.8 Å². The lowest BCUT2D eigenvalue weighted by Crippen LogP contribution is -2.20. The van der Waals surface area contributed by atoms with Crippen LogP contribution in [0.3, 0.4) is 0 Å². The number of benzene rings is 1. The summed E-state index contributed by atoms with van der Waals surface area (Å²) in [5.74, 6) is 0.0972. The zero-order chi connectivity index (χ0) is 10.5. The van der Waals surface area contributed by atoms with Gasteiger partial charge in [0.15, 0.2) is 5.78 Å². The van der Waals surface area contributed by atoms with Gasteiger partial charge in [-0.15, -0.1) is 0 Å². The predicted molar refractivity (Wildman–Crippen MR) is 60.7 cm³/mol. The zero-order valence-corrected chi connectivity index (χ0v) is 8.70. The highest BCUT2D eigenvalue weighted by Gasteiger charge is 2.07. The number of piperidine rings is 1. The van der Waals surface area contributed by atoms with Crippen LogP contribution >= 0.6 is 0 Å². The van der Waals surface area contributed by atoms with Crippen LogP contribution in [0.2, 0.25) is 0 Å². The van der Waals surface area contributed by atoms with E-state index < -0.39 is 0 Å². The highest BCUT2D eigenvalue weighted by atomic mass is 16.1. The van der Waals surface area contributed by atoms with Gasteiger partial charge in [-0.25, -0.2) is 0 Å². The third kappa shape index (κ3) is 2.69. The Bertz CT molecular complexity index is 359. The Labute approximate surface area is 90.0 Å². The first-order valence-corrected chi connectivity index (χ1v) is 5.40. The number of ketones is 1. The van der Waals surface area contributed by atoms with Gasteiger partial charge >= 0.3 is 0 Å². The summed E-state index contributed by atoms with van der Waals surface area (Å²) in [4.78, 5) is 11.8. The van der Waals surface area contributed by atoms with E-state index in [0.29, 0.717) is 0 Å². The Morgan fingerprint density at radius 1 is 1.20 bits per heavy atom. The molecule has 1 aliphatic heterocycles. The van der Waals surface area contributed by atoms with Gasteiger partial charge in [-0.3, -0.25) is 4.79 Å². The van der Waals surface area contributed by atoms with Gasteiger partial charge in [-0.1, -0.05) is 30.3 Å². The van der Waals surface area contributed by atoms with Gasteiger partial charge in [0.05, 0.1) is 0 Å². The summed E-state index contributed by atoms with van der Waals surface area (Å²) in [7, 11) is 0. The van der Waals surface area contributed by atoms with Crippen molar-refractivity contribution in [2.75, 3.05) is 6.54 Å². The van der Waals surface area contributed by atoms with Crippen LogP contribution in [0.5, 0.6) is 0 Å². The molecule has 1 N–H and O–H groups in total. The van der Waals surface area contributed by atoms with Gasteiger partial charge in [0.1, 0.15) is 0 Å². The minimum atomic E-state index is 0.0972. The topological polar surface area (TPSA) is 29.1 Å². The highest BCUT2D eigenvalue weighted by molar-refractivity contribution is 6.04. The molecule has 0 unspecified atom stereocenters. The maximum absolute atomic E-state index is 11.8. The molecule has 1 aliphatic rings. The third-order valence-electron chi connectivity index (χ3n) is 2.59. The maximum atomic E-state index is 11.8. The lowest BCUT2D eigenvalue weighted by Gasteiger charge is -2.16. The summed E-state index contributed by atoms with van der Waals surface area (Å²) < 4.78 is 0. The second-order valence-electron chi connectivity index (χ2n) is 3.78. The molecule has 2 rings (SSSR count). The molecule has 0 radical (unpaired) electrons. The summed E-state index contributed by atoms with van der Waals surface area (Å²) in [5.41, 5.74) is 1.84. The third-order valence-corrected chi connectivity index (χ3v) is 2.59. The molecule has 0 aliphatic carbocycles. The van der Waals surface area contributed by atoms with Crippen molar-refractivity contribution in [1.82, 2.24) is 5.32 Å². The Kier molecular flexibility index (Phi) is 3.18. The number of allylic oxidation sites excluding steroid dienone is 2. The van der Waals surface area contributed by atoms with Crippen molar-refractivity contribution in [1.29, 1.82) is 0 Å². The molecular formula is C13H15NO. The lowest BCUT2D eigenvalue weighted by atomic mass is 10.1. The molecule has 0 atom stereocenters. The summed E-state index contributed by atoms with van der Waals surface area (Å²) in [6.07, 6.45) is 5.12. The van der Waals surface area contributed by atoms with Gasteiger partial charge in [0, 0.05) is 23.9 Å². The number of rotatable bonds is 2. The molecule has 0 aromatic heterocycles. The van der Waals surface area contributed by atoms with Crippen molar-refractivity contribution in [3.05, 3.63) is 47.7 Å². The first-order valence-electron chi connectivity index (χ1n) is 5.40. The van der Waals surface area contributed by atoms with Crippen LogP contribution in [0.25, 0.3) is 0 Å². The first-order chi connectivity index (χ1) is 7.36. The molecule has 2 nitrogen and oxygen atoms in total. The van der Waals surface area contributed by atoms with E-state index in [-0.39, 0.29) is 5.78 Å². The molecule has 1 saturated heterocycles. The van der Waals surface area contributed by atoms with Crippen molar-refractivity contribution < 1.29 is 4.79 Å². The van der Waals surface area contributed by atoms with Crippen molar-refractivity contribution in [2.45, 2.75) is 19.3 Å². The molecule has 0 spiro atoms. The fraction of sp³-hybridized carbons (Fsp3) is 0.308. The zero-order valence-electron chi connectivity index (χ0n) is 8.70. The van der Waals surface area contributed by atoms with Crippen molar-refractivity contribution >= 4 is 5.78 Å². The van der Waals surface area contributed by atoms with Crippen LogP contribution in [-0.4, -0.2) is 12.3 Å². The molecule has 1 heterocycles. The van der Waals surface area contributed by atoms with Crippen LogP contribution in [0, 0.1) is 0 Å². The second kappa shape index (κ2) is 4.78. The average molecular weight is 201 g/mol. The Balaban J connectivity index is 2.08. The molecule has 2 heteroatoms. The normalized spacial score (nSPS) is 18.5. The van der Waals surface area contributed by atoms with Crippen LogP contribution in [0.1, 0.15) is 29.6 Å².